The molecule has 0 radical (unpaired) electrons. The first-order chi connectivity index (χ1) is 22.0. The van der Waals surface area contributed by atoms with Crippen molar-refractivity contribution in [3.63, 3.8) is 0 Å². The molecule has 4 fully saturated rings. The molecule has 0 saturated heterocycles. The molecule has 240 valence electrons. The van der Waals surface area contributed by atoms with Gasteiger partial charge in [0.25, 0.3) is 0 Å². The number of methoxy groups -OCH3 is 4. The predicted octanol–water partition coefficient (Wildman–Crippen LogP) is 9.39. The summed E-state index contributed by atoms with van der Waals surface area (Å²) in [6, 6.07) is 27.3. The van der Waals surface area contributed by atoms with Crippen LogP contribution in [-0.2, 0) is 21.7 Å². The summed E-state index contributed by atoms with van der Waals surface area (Å²) in [5.41, 5.74) is 11.2. The minimum absolute atomic E-state index is 0.0177. The maximum absolute atomic E-state index is 5.71. The van der Waals surface area contributed by atoms with Crippen molar-refractivity contribution in [1.29, 1.82) is 0 Å². The van der Waals surface area contributed by atoms with Gasteiger partial charge in [-0.3, -0.25) is 0 Å². The first-order valence-corrected chi connectivity index (χ1v) is 16.6. The van der Waals surface area contributed by atoms with Crippen LogP contribution in [0, 0.1) is 27.7 Å². The van der Waals surface area contributed by atoms with Gasteiger partial charge in [0.1, 0.15) is 23.0 Å². The normalized spacial score (nSPS) is 27.8. The molecule has 0 heterocycles. The van der Waals surface area contributed by atoms with Gasteiger partial charge in [-0.1, -0.05) is 24.3 Å². The molecule has 46 heavy (non-hydrogen) atoms. The van der Waals surface area contributed by atoms with E-state index in [1.807, 2.05) is 0 Å². The van der Waals surface area contributed by atoms with E-state index in [0.29, 0.717) is 0 Å². The Hall–Kier alpha value is -3.92. The van der Waals surface area contributed by atoms with Gasteiger partial charge < -0.3 is 18.9 Å². The molecule has 4 aliphatic carbocycles. The molecule has 0 amide bonds. The Balaban J connectivity index is 1.55. The van der Waals surface area contributed by atoms with E-state index < -0.39 is 0 Å². The van der Waals surface area contributed by atoms with Gasteiger partial charge in [0, 0.05) is 0 Å². The molecular weight excluding hydrogens is 568 g/mol. The number of benzene rings is 4. The third kappa shape index (κ3) is 4.54. The van der Waals surface area contributed by atoms with E-state index >= 15 is 0 Å². The Morgan fingerprint density at radius 2 is 0.543 bits per heavy atom. The first kappa shape index (κ1) is 30.7. The van der Waals surface area contributed by atoms with Gasteiger partial charge in [0.15, 0.2) is 0 Å². The molecule has 4 aliphatic rings. The van der Waals surface area contributed by atoms with Crippen molar-refractivity contribution in [3.8, 4) is 23.0 Å². The van der Waals surface area contributed by atoms with E-state index in [4.69, 9.17) is 18.9 Å². The second-order valence-electron chi connectivity index (χ2n) is 14.9. The topological polar surface area (TPSA) is 36.9 Å². The van der Waals surface area contributed by atoms with Crippen LogP contribution >= 0.6 is 0 Å². The maximum atomic E-state index is 5.71. The van der Waals surface area contributed by atoms with Crippen molar-refractivity contribution in [3.05, 3.63) is 117 Å². The summed E-state index contributed by atoms with van der Waals surface area (Å²) in [6.45, 7) is 9.16. The van der Waals surface area contributed by atoms with Crippen LogP contribution < -0.4 is 18.9 Å². The average molecular weight is 617 g/mol. The van der Waals surface area contributed by atoms with Gasteiger partial charge >= 0.3 is 0 Å². The summed E-state index contributed by atoms with van der Waals surface area (Å²) < 4.78 is 22.9. The van der Waals surface area contributed by atoms with Crippen LogP contribution in [0.5, 0.6) is 23.0 Å². The zero-order chi connectivity index (χ0) is 32.5. The van der Waals surface area contributed by atoms with Crippen molar-refractivity contribution in [2.45, 2.75) is 87.9 Å². The molecule has 4 bridgehead atoms. The quantitative estimate of drug-likeness (QED) is 0.198. The molecule has 0 N–H and O–H groups in total. The van der Waals surface area contributed by atoms with Crippen LogP contribution in [0.2, 0.25) is 0 Å². The number of ether oxygens (including phenoxy) is 4. The summed E-state index contributed by atoms with van der Waals surface area (Å²) in [4.78, 5) is 0. The number of aryl methyl sites for hydroxylation is 4. The fraction of sp³-hybridized carbons (Fsp3) is 0.429. The first-order valence-electron chi connectivity index (χ1n) is 16.6. The minimum Gasteiger partial charge on any atom is -0.497 e. The largest absolute Gasteiger partial charge is 0.497 e. The molecule has 4 aromatic rings. The summed E-state index contributed by atoms with van der Waals surface area (Å²) in [5.74, 6) is 3.70. The van der Waals surface area contributed by atoms with Crippen molar-refractivity contribution >= 4 is 0 Å². The molecule has 4 saturated carbocycles. The Morgan fingerprint density at radius 1 is 0.348 bits per heavy atom. The highest BCUT2D eigenvalue weighted by Crippen LogP contribution is 2.75. The fourth-order valence-corrected chi connectivity index (χ4v) is 11.2. The molecule has 0 atom stereocenters. The van der Waals surface area contributed by atoms with Crippen LogP contribution in [0.25, 0.3) is 0 Å². The minimum atomic E-state index is -0.0177. The van der Waals surface area contributed by atoms with Crippen LogP contribution in [0.1, 0.15) is 83.0 Å². The highest BCUT2D eigenvalue weighted by Gasteiger charge is 2.70. The van der Waals surface area contributed by atoms with Gasteiger partial charge in [-0.25, -0.2) is 0 Å². The third-order valence-electron chi connectivity index (χ3n) is 12.1. The standard InChI is InChI=1S/C42H48O4/c1-27-17-31(43-5)9-13-35(27)39-21-40(36-14-10-32(44-6)18-28(36)2)24-41(22-39,37-15-11-33(45-7)19-29(37)3)26-42(23-39,25-40)38-16-12-34(46-8)20-30(38)4/h9-20H,21-26H2,1-8H3. The van der Waals surface area contributed by atoms with E-state index in [1.54, 1.807) is 28.4 Å². The highest BCUT2D eigenvalue weighted by molar-refractivity contribution is 5.56. The molecular formula is C42H48O4. The molecule has 4 aromatic carbocycles. The Morgan fingerprint density at radius 3 is 0.696 bits per heavy atom. The van der Waals surface area contributed by atoms with Crippen molar-refractivity contribution in [1.82, 2.24) is 0 Å². The molecule has 0 unspecified atom stereocenters. The number of hydrogen-bond donors (Lipinski definition) is 0. The molecule has 0 aliphatic heterocycles. The molecule has 0 aromatic heterocycles. The van der Waals surface area contributed by atoms with E-state index in [-0.39, 0.29) is 21.7 Å². The SMILES string of the molecule is COc1ccc(C23CC4(c5ccc(OC)cc5C)CC(c5ccc(OC)cc5C)(C2)CC(c2ccc(OC)cc2C)(C3)C4)c(C)c1. The van der Waals surface area contributed by atoms with Crippen molar-refractivity contribution in [2.24, 2.45) is 0 Å². The third-order valence-corrected chi connectivity index (χ3v) is 12.1. The van der Waals surface area contributed by atoms with E-state index in [2.05, 4.69) is 100 Å². The lowest BCUT2D eigenvalue weighted by Gasteiger charge is -2.72. The second-order valence-corrected chi connectivity index (χ2v) is 14.9. The van der Waals surface area contributed by atoms with Crippen LogP contribution in [-0.4, -0.2) is 28.4 Å². The number of rotatable bonds is 8. The van der Waals surface area contributed by atoms with Gasteiger partial charge in [0.2, 0.25) is 0 Å². The van der Waals surface area contributed by atoms with E-state index in [9.17, 15) is 0 Å². The average Bonchev–Trinajstić information content (AvgIpc) is 3.03. The zero-order valence-corrected chi connectivity index (χ0v) is 28.8. The summed E-state index contributed by atoms with van der Waals surface area (Å²) in [6.07, 6.45) is 6.80. The lowest BCUT2D eigenvalue weighted by atomic mass is 9.31. The summed E-state index contributed by atoms with van der Waals surface area (Å²) in [5, 5.41) is 0. The van der Waals surface area contributed by atoms with Crippen molar-refractivity contribution < 1.29 is 18.9 Å². The monoisotopic (exact) mass is 616 g/mol. The highest BCUT2D eigenvalue weighted by atomic mass is 16.5. The Kier molecular flexibility index (Phi) is 7.23. The Labute approximate surface area is 275 Å². The molecule has 8 rings (SSSR count). The lowest BCUT2D eigenvalue weighted by molar-refractivity contribution is -0.0699. The van der Waals surface area contributed by atoms with E-state index in [1.165, 1.54) is 44.5 Å². The maximum Gasteiger partial charge on any atom is 0.119 e. The summed E-state index contributed by atoms with van der Waals surface area (Å²) >= 11 is 0. The van der Waals surface area contributed by atoms with Gasteiger partial charge in [-0.05, 0) is 181 Å². The number of hydrogen-bond acceptors (Lipinski definition) is 4. The lowest BCUT2D eigenvalue weighted by Crippen LogP contribution is -2.67. The fourth-order valence-electron chi connectivity index (χ4n) is 11.2. The smallest absolute Gasteiger partial charge is 0.119 e. The van der Waals surface area contributed by atoms with Gasteiger partial charge in [-0.15, -0.1) is 0 Å². The molecule has 0 spiro atoms. The second kappa shape index (κ2) is 10.8. The van der Waals surface area contributed by atoms with Crippen LogP contribution in [0.4, 0.5) is 0 Å². The zero-order valence-electron chi connectivity index (χ0n) is 28.8. The van der Waals surface area contributed by atoms with Crippen LogP contribution in [0.15, 0.2) is 72.8 Å². The van der Waals surface area contributed by atoms with Gasteiger partial charge in [0.05, 0.1) is 28.4 Å². The van der Waals surface area contributed by atoms with Crippen molar-refractivity contribution in [2.75, 3.05) is 28.4 Å². The van der Waals surface area contributed by atoms with Gasteiger partial charge in [-0.2, -0.15) is 0 Å². The predicted molar refractivity (Wildman–Crippen MR) is 185 cm³/mol. The van der Waals surface area contributed by atoms with Crippen LogP contribution in [0.3, 0.4) is 0 Å². The van der Waals surface area contributed by atoms with E-state index in [0.717, 1.165) is 61.5 Å². The molecule has 4 nitrogen and oxygen atoms in total. The molecule has 4 heteroatoms. The summed E-state index contributed by atoms with van der Waals surface area (Å²) in [7, 11) is 7.07. The Bertz CT molecular complexity index is 1520.